The fraction of sp³-hybridized carbons (Fsp3) is 0.529. The van der Waals surface area contributed by atoms with Gasteiger partial charge in [0.05, 0.1) is 11.4 Å². The Morgan fingerprint density at radius 3 is 2.43 bits per heavy atom. The summed E-state index contributed by atoms with van der Waals surface area (Å²) in [6.07, 6.45) is 2.92. The molecule has 2 rings (SSSR count). The van der Waals surface area contributed by atoms with Gasteiger partial charge in [-0.05, 0) is 51.3 Å². The van der Waals surface area contributed by atoms with Gasteiger partial charge in [-0.3, -0.25) is 4.79 Å². The number of urea groups is 1. The first kappa shape index (κ1) is 17.3. The van der Waals surface area contributed by atoms with E-state index in [0.717, 1.165) is 19.3 Å². The summed E-state index contributed by atoms with van der Waals surface area (Å²) < 4.78 is 0. The van der Waals surface area contributed by atoms with E-state index in [1.807, 2.05) is 26.0 Å². The highest BCUT2D eigenvalue weighted by molar-refractivity contribution is 6.00. The Morgan fingerprint density at radius 2 is 1.83 bits per heavy atom. The average molecular weight is 318 g/mol. The summed E-state index contributed by atoms with van der Waals surface area (Å²) in [7, 11) is 0. The van der Waals surface area contributed by atoms with Gasteiger partial charge in [-0.15, -0.1) is 0 Å². The topological polar surface area (TPSA) is 96.2 Å². The minimum Gasteiger partial charge on any atom is -0.336 e. The van der Waals surface area contributed by atoms with E-state index in [2.05, 4.69) is 16.0 Å². The lowest BCUT2D eigenvalue weighted by Crippen LogP contribution is -2.34. The fourth-order valence-corrected chi connectivity index (χ4v) is 3.01. The van der Waals surface area contributed by atoms with Crippen molar-refractivity contribution in [1.82, 2.24) is 5.32 Å². The molecule has 0 aromatic heterocycles. The Balaban J connectivity index is 2.05. The molecule has 0 aliphatic heterocycles. The van der Waals surface area contributed by atoms with Crippen LogP contribution in [0.4, 0.5) is 16.2 Å². The molecule has 3 amide bonds. The van der Waals surface area contributed by atoms with Crippen LogP contribution in [0.15, 0.2) is 24.3 Å². The first-order chi connectivity index (χ1) is 11.0. The summed E-state index contributed by atoms with van der Waals surface area (Å²) in [5.74, 6) is 0.188. The van der Waals surface area contributed by atoms with Crippen molar-refractivity contribution in [1.29, 1.82) is 0 Å². The molecule has 0 saturated heterocycles. The number of carbonyl (C=O) groups excluding carboxylic acids is 2. The van der Waals surface area contributed by atoms with Crippen LogP contribution in [0.2, 0.25) is 0 Å². The molecule has 2 atom stereocenters. The first-order valence-electron chi connectivity index (χ1n) is 8.18. The number of para-hydroxylation sites is 2. The number of hydrogen-bond acceptors (Lipinski definition) is 3. The van der Waals surface area contributed by atoms with Crippen LogP contribution >= 0.6 is 0 Å². The zero-order valence-corrected chi connectivity index (χ0v) is 13.8. The molecular formula is C17H26N4O2. The second kappa shape index (κ2) is 7.97. The van der Waals surface area contributed by atoms with Gasteiger partial charge < -0.3 is 21.7 Å². The fourth-order valence-electron chi connectivity index (χ4n) is 3.01. The van der Waals surface area contributed by atoms with Crippen LogP contribution in [-0.2, 0) is 4.79 Å². The molecule has 126 valence electrons. The standard InChI is InChI=1S/C17H26N4O2/c1-11(2)19-17(23)21-15-9-4-3-8-14(15)20-16(22)13-7-5-6-12(13)10-18/h3-4,8-9,11-13H,5-7,10,18H2,1-2H3,(H,20,22)(H2,19,21,23)/t12-,13-/m1/s1. The number of amides is 3. The number of rotatable bonds is 5. The summed E-state index contributed by atoms with van der Waals surface area (Å²) in [5.41, 5.74) is 6.95. The molecule has 1 aliphatic carbocycles. The van der Waals surface area contributed by atoms with Gasteiger partial charge in [0.15, 0.2) is 0 Å². The number of anilines is 2. The maximum absolute atomic E-state index is 12.5. The highest BCUT2D eigenvalue weighted by atomic mass is 16.2. The van der Waals surface area contributed by atoms with Crippen molar-refractivity contribution in [2.45, 2.75) is 39.2 Å². The van der Waals surface area contributed by atoms with Gasteiger partial charge in [-0.1, -0.05) is 18.6 Å². The third-order valence-corrected chi connectivity index (χ3v) is 4.15. The van der Waals surface area contributed by atoms with E-state index in [-0.39, 0.29) is 29.8 Å². The minimum absolute atomic E-state index is 0.0172. The molecule has 5 N–H and O–H groups in total. The molecule has 6 nitrogen and oxygen atoms in total. The minimum atomic E-state index is -0.289. The van der Waals surface area contributed by atoms with Crippen molar-refractivity contribution < 1.29 is 9.59 Å². The summed E-state index contributed by atoms with van der Waals surface area (Å²) in [5, 5.41) is 8.48. The van der Waals surface area contributed by atoms with Gasteiger partial charge in [0.1, 0.15) is 0 Å². The van der Waals surface area contributed by atoms with E-state index < -0.39 is 0 Å². The van der Waals surface area contributed by atoms with Crippen molar-refractivity contribution in [3.05, 3.63) is 24.3 Å². The van der Waals surface area contributed by atoms with E-state index in [1.165, 1.54) is 0 Å². The van der Waals surface area contributed by atoms with Crippen molar-refractivity contribution in [2.24, 2.45) is 17.6 Å². The van der Waals surface area contributed by atoms with E-state index in [0.29, 0.717) is 17.9 Å². The summed E-state index contributed by atoms with van der Waals surface area (Å²) >= 11 is 0. The lowest BCUT2D eigenvalue weighted by atomic mass is 9.95. The molecule has 1 saturated carbocycles. The SMILES string of the molecule is CC(C)NC(=O)Nc1ccccc1NC(=O)[C@@H]1CCC[C@@H]1CN. The van der Waals surface area contributed by atoms with E-state index in [1.54, 1.807) is 12.1 Å². The smallest absolute Gasteiger partial charge is 0.319 e. The lowest BCUT2D eigenvalue weighted by molar-refractivity contribution is -0.120. The molecule has 23 heavy (non-hydrogen) atoms. The van der Waals surface area contributed by atoms with Gasteiger partial charge in [0, 0.05) is 12.0 Å². The molecule has 1 aliphatic rings. The number of hydrogen-bond donors (Lipinski definition) is 4. The molecule has 0 bridgehead atoms. The van der Waals surface area contributed by atoms with E-state index in [4.69, 9.17) is 5.73 Å². The van der Waals surface area contributed by atoms with Gasteiger partial charge in [0.25, 0.3) is 0 Å². The number of carbonyl (C=O) groups is 2. The van der Waals surface area contributed by atoms with Crippen molar-refractivity contribution >= 4 is 23.3 Å². The molecule has 1 fully saturated rings. The van der Waals surface area contributed by atoms with Crippen molar-refractivity contribution in [3.8, 4) is 0 Å². The van der Waals surface area contributed by atoms with Crippen LogP contribution in [-0.4, -0.2) is 24.5 Å². The maximum Gasteiger partial charge on any atom is 0.319 e. The molecule has 0 heterocycles. The molecule has 0 spiro atoms. The van der Waals surface area contributed by atoms with Crippen LogP contribution in [0.5, 0.6) is 0 Å². The monoisotopic (exact) mass is 318 g/mol. The Hall–Kier alpha value is -2.08. The Bertz CT molecular complexity index is 559. The lowest BCUT2D eigenvalue weighted by Gasteiger charge is -2.19. The Kier molecular flexibility index (Phi) is 5.98. The van der Waals surface area contributed by atoms with Crippen LogP contribution < -0.4 is 21.7 Å². The van der Waals surface area contributed by atoms with Crippen molar-refractivity contribution in [2.75, 3.05) is 17.2 Å². The number of benzene rings is 1. The van der Waals surface area contributed by atoms with Crippen LogP contribution in [0, 0.1) is 11.8 Å². The molecular weight excluding hydrogens is 292 g/mol. The van der Waals surface area contributed by atoms with Gasteiger partial charge in [-0.25, -0.2) is 4.79 Å². The van der Waals surface area contributed by atoms with Crippen molar-refractivity contribution in [3.63, 3.8) is 0 Å². The van der Waals surface area contributed by atoms with Gasteiger partial charge >= 0.3 is 6.03 Å². The number of nitrogens with one attached hydrogen (secondary N) is 3. The number of nitrogens with two attached hydrogens (primary N) is 1. The quantitative estimate of drug-likeness (QED) is 0.671. The third-order valence-electron chi connectivity index (χ3n) is 4.15. The van der Waals surface area contributed by atoms with E-state index in [9.17, 15) is 9.59 Å². The van der Waals surface area contributed by atoms with E-state index >= 15 is 0 Å². The van der Waals surface area contributed by atoms with Crippen LogP contribution in [0.25, 0.3) is 0 Å². The normalized spacial score (nSPS) is 20.3. The predicted molar refractivity (Wildman–Crippen MR) is 92.2 cm³/mol. The largest absolute Gasteiger partial charge is 0.336 e. The zero-order chi connectivity index (χ0) is 16.8. The highest BCUT2D eigenvalue weighted by Gasteiger charge is 2.32. The second-order valence-electron chi connectivity index (χ2n) is 6.32. The maximum atomic E-state index is 12.5. The second-order valence-corrected chi connectivity index (χ2v) is 6.32. The molecule has 1 aromatic carbocycles. The third kappa shape index (κ3) is 4.69. The highest BCUT2D eigenvalue weighted by Crippen LogP contribution is 2.32. The van der Waals surface area contributed by atoms with Crippen LogP contribution in [0.1, 0.15) is 33.1 Å². The molecule has 1 aromatic rings. The Morgan fingerprint density at radius 1 is 1.17 bits per heavy atom. The Labute approximate surface area is 137 Å². The van der Waals surface area contributed by atoms with Gasteiger partial charge in [-0.2, -0.15) is 0 Å². The summed E-state index contributed by atoms with van der Waals surface area (Å²) in [6, 6.07) is 6.96. The molecule has 0 unspecified atom stereocenters. The van der Waals surface area contributed by atoms with Crippen LogP contribution in [0.3, 0.4) is 0 Å². The summed E-state index contributed by atoms with van der Waals surface area (Å²) in [4.78, 5) is 24.4. The molecule has 0 radical (unpaired) electrons. The van der Waals surface area contributed by atoms with Gasteiger partial charge in [0.2, 0.25) is 5.91 Å². The molecule has 6 heteroatoms. The first-order valence-corrected chi connectivity index (χ1v) is 8.18. The zero-order valence-electron chi connectivity index (χ0n) is 13.8. The summed E-state index contributed by atoms with van der Waals surface area (Å²) in [6.45, 7) is 4.31. The predicted octanol–water partition coefficient (Wildman–Crippen LogP) is 2.53. The average Bonchev–Trinajstić information content (AvgIpc) is 2.97.